The van der Waals surface area contributed by atoms with Crippen molar-refractivity contribution in [3.05, 3.63) is 29.8 Å². The fourth-order valence-corrected chi connectivity index (χ4v) is 1.84. The van der Waals surface area contributed by atoms with Gasteiger partial charge in [-0.2, -0.15) is 0 Å². The van der Waals surface area contributed by atoms with Crippen LogP contribution >= 0.6 is 0 Å². The van der Waals surface area contributed by atoms with E-state index in [1.54, 1.807) is 0 Å². The van der Waals surface area contributed by atoms with Crippen molar-refractivity contribution < 1.29 is 14.6 Å². The van der Waals surface area contributed by atoms with E-state index in [1.807, 2.05) is 25.2 Å². The Hall–Kier alpha value is -1.55. The Morgan fingerprint density at radius 3 is 2.89 bits per heavy atom. The van der Waals surface area contributed by atoms with Crippen molar-refractivity contribution >= 4 is 5.97 Å². The molecule has 1 N–H and O–H groups in total. The molecule has 0 saturated carbocycles. The molecule has 0 unspecified atom stereocenters. The smallest absolute Gasteiger partial charge is 0.303 e. The van der Waals surface area contributed by atoms with Crippen LogP contribution in [0.2, 0.25) is 0 Å². The summed E-state index contributed by atoms with van der Waals surface area (Å²) in [6.45, 7) is 4.41. The maximum Gasteiger partial charge on any atom is 0.303 e. The third kappa shape index (κ3) is 6.82. The number of ether oxygens (including phenoxy) is 1. The molecular weight excluding hydrogens is 242 g/mol. The Morgan fingerprint density at radius 1 is 1.42 bits per heavy atom. The summed E-state index contributed by atoms with van der Waals surface area (Å²) in [5, 5.41) is 8.60. The number of benzene rings is 1. The highest BCUT2D eigenvalue weighted by Gasteiger charge is 2.03. The van der Waals surface area contributed by atoms with Crippen molar-refractivity contribution in [3.8, 4) is 5.75 Å². The van der Waals surface area contributed by atoms with E-state index < -0.39 is 5.97 Å². The summed E-state index contributed by atoms with van der Waals surface area (Å²) in [7, 11) is 2.00. The number of carboxylic acids is 1. The minimum absolute atomic E-state index is 0.226. The van der Waals surface area contributed by atoms with Crippen LogP contribution in [-0.4, -0.2) is 36.2 Å². The molecule has 0 fully saturated rings. The molecule has 4 nitrogen and oxygen atoms in total. The molecule has 106 valence electrons. The topological polar surface area (TPSA) is 49.8 Å². The van der Waals surface area contributed by atoms with E-state index in [2.05, 4.69) is 17.9 Å². The number of aliphatic carboxylic acids is 1. The van der Waals surface area contributed by atoms with E-state index in [0.29, 0.717) is 6.42 Å². The van der Waals surface area contributed by atoms with Gasteiger partial charge in [0, 0.05) is 13.0 Å². The first-order valence-electron chi connectivity index (χ1n) is 6.74. The molecule has 19 heavy (non-hydrogen) atoms. The maximum absolute atomic E-state index is 10.4. The molecule has 0 aliphatic heterocycles. The van der Waals surface area contributed by atoms with Crippen LogP contribution in [0.5, 0.6) is 5.75 Å². The second-order valence-corrected chi connectivity index (χ2v) is 4.73. The second-order valence-electron chi connectivity index (χ2n) is 4.73. The van der Waals surface area contributed by atoms with E-state index >= 15 is 0 Å². The molecule has 0 spiro atoms. The largest absolute Gasteiger partial charge is 0.494 e. The van der Waals surface area contributed by atoms with Gasteiger partial charge < -0.3 is 14.7 Å². The minimum Gasteiger partial charge on any atom is -0.494 e. The van der Waals surface area contributed by atoms with Crippen LogP contribution in [0, 0.1) is 0 Å². The first-order valence-corrected chi connectivity index (χ1v) is 6.74. The van der Waals surface area contributed by atoms with Crippen molar-refractivity contribution in [3.63, 3.8) is 0 Å². The fraction of sp³-hybridized carbons (Fsp3) is 0.533. The van der Waals surface area contributed by atoms with Gasteiger partial charge in [0.25, 0.3) is 0 Å². The molecule has 0 heterocycles. The summed E-state index contributed by atoms with van der Waals surface area (Å²) in [5.41, 5.74) is 1.19. The van der Waals surface area contributed by atoms with E-state index in [9.17, 15) is 4.79 Å². The molecule has 0 aliphatic carbocycles. The van der Waals surface area contributed by atoms with Gasteiger partial charge in [0.15, 0.2) is 0 Å². The van der Waals surface area contributed by atoms with Crippen LogP contribution in [0.15, 0.2) is 24.3 Å². The Labute approximate surface area is 115 Å². The zero-order valence-electron chi connectivity index (χ0n) is 11.8. The summed E-state index contributed by atoms with van der Waals surface area (Å²) in [6.07, 6.45) is 1.90. The number of carbonyl (C=O) groups is 1. The van der Waals surface area contributed by atoms with Gasteiger partial charge in [-0.15, -0.1) is 0 Å². The normalized spacial score (nSPS) is 10.7. The predicted molar refractivity (Wildman–Crippen MR) is 75.4 cm³/mol. The predicted octanol–water partition coefficient (Wildman–Crippen LogP) is 2.77. The van der Waals surface area contributed by atoms with E-state index in [4.69, 9.17) is 9.84 Å². The molecule has 0 aromatic heterocycles. The summed E-state index contributed by atoms with van der Waals surface area (Å²) in [4.78, 5) is 12.6. The lowest BCUT2D eigenvalue weighted by Crippen LogP contribution is -2.19. The number of hydrogen-bond acceptors (Lipinski definition) is 3. The molecule has 0 saturated heterocycles. The molecule has 0 bridgehead atoms. The third-order valence-electron chi connectivity index (χ3n) is 2.75. The molecule has 1 rings (SSSR count). The lowest BCUT2D eigenvalue weighted by Gasteiger charge is -2.16. The fourth-order valence-electron chi connectivity index (χ4n) is 1.84. The van der Waals surface area contributed by atoms with Gasteiger partial charge in [-0.05, 0) is 44.1 Å². The van der Waals surface area contributed by atoms with Gasteiger partial charge >= 0.3 is 5.97 Å². The van der Waals surface area contributed by atoms with Gasteiger partial charge in [-0.3, -0.25) is 4.79 Å². The summed E-state index contributed by atoms with van der Waals surface area (Å²) in [6, 6.07) is 8.06. The zero-order valence-corrected chi connectivity index (χ0v) is 11.8. The molecule has 4 heteroatoms. The highest BCUT2D eigenvalue weighted by Crippen LogP contribution is 2.15. The highest BCUT2D eigenvalue weighted by atomic mass is 16.5. The molecule has 0 atom stereocenters. The van der Waals surface area contributed by atoms with Crippen LogP contribution in [0.3, 0.4) is 0 Å². The van der Waals surface area contributed by atoms with E-state index in [1.165, 1.54) is 5.56 Å². The SMILES string of the molecule is CCCOc1cccc(CN(C)CCCC(=O)O)c1. The quantitative estimate of drug-likeness (QED) is 0.746. The van der Waals surface area contributed by atoms with Crippen LogP contribution < -0.4 is 4.74 Å². The van der Waals surface area contributed by atoms with Crippen LogP contribution in [0.4, 0.5) is 0 Å². The molecule has 0 amide bonds. The molecule has 0 radical (unpaired) electrons. The first-order chi connectivity index (χ1) is 9.11. The van der Waals surface area contributed by atoms with Crippen molar-refractivity contribution in [2.75, 3.05) is 20.2 Å². The van der Waals surface area contributed by atoms with Gasteiger partial charge in [0.1, 0.15) is 5.75 Å². The minimum atomic E-state index is -0.733. The lowest BCUT2D eigenvalue weighted by atomic mass is 10.2. The summed E-state index contributed by atoms with van der Waals surface area (Å²) in [5.74, 6) is 0.168. The van der Waals surface area contributed by atoms with Crippen molar-refractivity contribution in [2.24, 2.45) is 0 Å². The average Bonchev–Trinajstić information content (AvgIpc) is 2.36. The third-order valence-corrected chi connectivity index (χ3v) is 2.75. The van der Waals surface area contributed by atoms with Gasteiger partial charge in [0.2, 0.25) is 0 Å². The van der Waals surface area contributed by atoms with E-state index in [0.717, 1.165) is 31.9 Å². The summed E-state index contributed by atoms with van der Waals surface area (Å²) >= 11 is 0. The maximum atomic E-state index is 10.4. The van der Waals surface area contributed by atoms with Crippen molar-refractivity contribution in [2.45, 2.75) is 32.7 Å². The monoisotopic (exact) mass is 265 g/mol. The molecule has 0 aliphatic rings. The standard InChI is InChI=1S/C15H23NO3/c1-3-10-19-14-7-4-6-13(11-14)12-16(2)9-5-8-15(17)18/h4,6-7,11H,3,5,8-10,12H2,1-2H3,(H,17,18). The van der Waals surface area contributed by atoms with Crippen molar-refractivity contribution in [1.82, 2.24) is 4.90 Å². The molecule has 1 aromatic rings. The lowest BCUT2D eigenvalue weighted by molar-refractivity contribution is -0.137. The Bertz CT molecular complexity index is 393. The number of hydrogen-bond donors (Lipinski definition) is 1. The van der Waals surface area contributed by atoms with Gasteiger partial charge in [0.05, 0.1) is 6.61 Å². The van der Waals surface area contributed by atoms with E-state index in [-0.39, 0.29) is 6.42 Å². The summed E-state index contributed by atoms with van der Waals surface area (Å²) < 4.78 is 5.59. The van der Waals surface area contributed by atoms with Gasteiger partial charge in [-0.1, -0.05) is 19.1 Å². The van der Waals surface area contributed by atoms with Crippen molar-refractivity contribution in [1.29, 1.82) is 0 Å². The molecular formula is C15H23NO3. The number of nitrogens with zero attached hydrogens (tertiary/aromatic N) is 1. The number of rotatable bonds is 9. The average molecular weight is 265 g/mol. The highest BCUT2D eigenvalue weighted by molar-refractivity contribution is 5.66. The van der Waals surface area contributed by atoms with Crippen LogP contribution in [0.25, 0.3) is 0 Å². The Balaban J connectivity index is 2.40. The molecule has 1 aromatic carbocycles. The van der Waals surface area contributed by atoms with Crippen LogP contribution in [-0.2, 0) is 11.3 Å². The zero-order chi connectivity index (χ0) is 14.1. The van der Waals surface area contributed by atoms with Crippen LogP contribution in [0.1, 0.15) is 31.7 Å². The first kappa shape index (κ1) is 15.5. The second kappa shape index (κ2) is 8.53. The van der Waals surface area contributed by atoms with Gasteiger partial charge in [-0.25, -0.2) is 0 Å². The number of carboxylic acid groups (broad SMARTS) is 1. The Morgan fingerprint density at radius 2 is 2.21 bits per heavy atom. The Kier molecular flexibility index (Phi) is 6.97.